The van der Waals surface area contributed by atoms with Crippen LogP contribution in [0.2, 0.25) is 0 Å². The number of carboxylic acids is 1. The summed E-state index contributed by atoms with van der Waals surface area (Å²) in [6.45, 7) is 1.50. The number of carboxylic acid groups (broad SMARTS) is 1. The molecular weight excluding hydrogens is 622 g/mol. The molecule has 0 aliphatic carbocycles. The molecule has 0 saturated carbocycles. The molecule has 5 atom stereocenters. The lowest BCUT2D eigenvalue weighted by molar-refractivity contribution is -0.252. The number of hydrogen-bond donors (Lipinski definition) is 5. The first-order valence-corrected chi connectivity index (χ1v) is 14.8. The first-order valence-electron chi connectivity index (χ1n) is 14.8. The Morgan fingerprint density at radius 3 is 2.38 bits per heavy atom. The van der Waals surface area contributed by atoms with Crippen molar-refractivity contribution in [1.82, 2.24) is 10.2 Å². The first-order chi connectivity index (χ1) is 22.4. The van der Waals surface area contributed by atoms with Crippen molar-refractivity contribution >= 4 is 53.6 Å². The van der Waals surface area contributed by atoms with E-state index in [1.807, 2.05) is 0 Å². The third-order valence-corrected chi connectivity index (χ3v) is 7.13. The number of carbonyl (C=O) groups is 7. The average molecular weight is 660 g/mol. The van der Waals surface area contributed by atoms with E-state index in [0.29, 0.717) is 24.8 Å². The van der Waals surface area contributed by atoms with Crippen LogP contribution >= 0.6 is 0 Å². The van der Waals surface area contributed by atoms with E-state index in [1.165, 1.54) is 31.2 Å². The minimum Gasteiger partial charge on any atom is -0.479 e. The summed E-state index contributed by atoms with van der Waals surface area (Å²) in [5.74, 6) is -5.21. The highest BCUT2D eigenvalue weighted by Gasteiger charge is 2.48. The Labute approximate surface area is 269 Å². The number of aliphatic hydroxyl groups is 2. The van der Waals surface area contributed by atoms with Gasteiger partial charge in [0.1, 0.15) is 30.9 Å². The van der Waals surface area contributed by atoms with E-state index in [-0.39, 0.29) is 68.0 Å². The zero-order valence-electron chi connectivity index (χ0n) is 25.5. The molecule has 16 nitrogen and oxygen atoms in total. The molecule has 1 saturated heterocycles. The number of unbranched alkanes of at least 4 members (excludes halogenated alkanes) is 2. The fraction of sp³-hybridized carbons (Fsp3) is 0.452. The van der Waals surface area contributed by atoms with Gasteiger partial charge in [0.25, 0.3) is 11.8 Å². The minimum absolute atomic E-state index is 0.00503. The predicted molar refractivity (Wildman–Crippen MR) is 161 cm³/mol. The second-order valence-electron chi connectivity index (χ2n) is 10.7. The topological polar surface area (TPSA) is 235 Å². The highest BCUT2D eigenvalue weighted by atomic mass is 16.7. The predicted octanol–water partition coefficient (Wildman–Crippen LogP) is -0.0817. The van der Waals surface area contributed by atoms with Crippen molar-refractivity contribution in [2.75, 3.05) is 25.0 Å². The zero-order valence-corrected chi connectivity index (χ0v) is 25.5. The Kier molecular flexibility index (Phi) is 13.7. The third kappa shape index (κ3) is 10.8. The molecule has 0 aromatic heterocycles. The van der Waals surface area contributed by atoms with Gasteiger partial charge in [-0.1, -0.05) is 18.6 Å². The molecule has 2 aliphatic heterocycles. The largest absolute Gasteiger partial charge is 0.479 e. The quantitative estimate of drug-likeness (QED) is 0.0638. The lowest BCUT2D eigenvalue weighted by atomic mass is 9.90. The van der Waals surface area contributed by atoms with Crippen LogP contribution in [0.15, 0.2) is 36.4 Å². The summed E-state index contributed by atoms with van der Waals surface area (Å²) in [7, 11) is 0. The molecular formula is C31H37N3O13. The van der Waals surface area contributed by atoms with Crippen molar-refractivity contribution in [3.63, 3.8) is 0 Å². The number of benzene rings is 1. The van der Waals surface area contributed by atoms with Gasteiger partial charge in [-0.15, -0.1) is 0 Å². The third-order valence-electron chi connectivity index (χ3n) is 7.13. The van der Waals surface area contributed by atoms with Gasteiger partial charge in [0.05, 0.1) is 11.6 Å². The second kappa shape index (κ2) is 17.7. The summed E-state index contributed by atoms with van der Waals surface area (Å²) in [5, 5.41) is 35.4. The number of rotatable bonds is 17. The van der Waals surface area contributed by atoms with Gasteiger partial charge in [0.2, 0.25) is 18.1 Å². The smallest absolute Gasteiger partial charge is 0.335 e. The number of carbonyl (C=O) groups excluding carboxylic acids is 6. The van der Waals surface area contributed by atoms with Crippen LogP contribution in [0.1, 0.15) is 44.6 Å². The monoisotopic (exact) mass is 659 g/mol. The van der Waals surface area contributed by atoms with Crippen LogP contribution in [-0.2, 0) is 43.0 Å². The minimum atomic E-state index is -1.88. The Bertz CT molecular complexity index is 1390. The SMILES string of the molecule is CC(=O)OC/C=C/c1ccc(O[C@@H]2O[C@H](C(=O)O)[C@@H](O)[C@H](C=O)[C@H]2O)c(NC(=O)CCNC(=O)CCCCCN2C(=O)C=CC2=O)c1. The van der Waals surface area contributed by atoms with E-state index in [9.17, 15) is 48.9 Å². The van der Waals surface area contributed by atoms with Crippen LogP contribution in [0.5, 0.6) is 5.75 Å². The Morgan fingerprint density at radius 2 is 1.72 bits per heavy atom. The molecule has 2 aliphatic rings. The molecule has 4 amide bonds. The molecule has 5 N–H and O–H groups in total. The highest BCUT2D eigenvalue weighted by Crippen LogP contribution is 2.32. The molecule has 1 aromatic rings. The summed E-state index contributed by atoms with van der Waals surface area (Å²) in [6, 6.07) is 4.41. The summed E-state index contributed by atoms with van der Waals surface area (Å²) in [6.07, 6.45) is 0.307. The van der Waals surface area contributed by atoms with Gasteiger partial charge >= 0.3 is 11.9 Å². The second-order valence-corrected chi connectivity index (χ2v) is 10.7. The number of amides is 4. The maximum Gasteiger partial charge on any atom is 0.335 e. The van der Waals surface area contributed by atoms with Crippen molar-refractivity contribution < 1.29 is 63.1 Å². The molecule has 1 fully saturated rings. The number of aliphatic carboxylic acids is 1. The van der Waals surface area contributed by atoms with Crippen molar-refractivity contribution in [3.8, 4) is 5.75 Å². The first kappa shape index (κ1) is 36.5. The number of nitrogens with one attached hydrogen (secondary N) is 2. The molecule has 16 heteroatoms. The van der Waals surface area contributed by atoms with Crippen molar-refractivity contribution in [2.45, 2.75) is 63.6 Å². The van der Waals surface area contributed by atoms with E-state index in [1.54, 1.807) is 18.2 Å². The fourth-order valence-corrected chi connectivity index (χ4v) is 4.68. The molecule has 0 bridgehead atoms. The molecule has 47 heavy (non-hydrogen) atoms. The number of nitrogens with zero attached hydrogens (tertiary/aromatic N) is 1. The lowest BCUT2D eigenvalue weighted by Gasteiger charge is -2.38. The summed E-state index contributed by atoms with van der Waals surface area (Å²) >= 11 is 0. The van der Waals surface area contributed by atoms with E-state index in [4.69, 9.17) is 14.2 Å². The number of ether oxygens (including phenoxy) is 3. The lowest BCUT2D eigenvalue weighted by Crippen LogP contribution is -2.58. The normalized spacial score (nSPS) is 22.3. The number of imide groups is 1. The van der Waals surface area contributed by atoms with Crippen LogP contribution in [0.3, 0.4) is 0 Å². The van der Waals surface area contributed by atoms with E-state index < -0.39 is 48.4 Å². The van der Waals surface area contributed by atoms with Crippen molar-refractivity contribution in [1.29, 1.82) is 0 Å². The van der Waals surface area contributed by atoms with E-state index in [0.717, 1.165) is 4.90 Å². The molecule has 0 unspecified atom stereocenters. The van der Waals surface area contributed by atoms with Gasteiger partial charge < -0.3 is 45.0 Å². The number of esters is 1. The maximum atomic E-state index is 12.8. The fourth-order valence-electron chi connectivity index (χ4n) is 4.68. The molecule has 0 spiro atoms. The zero-order chi connectivity index (χ0) is 34.5. The Hall–Kier alpha value is -4.93. The Morgan fingerprint density at radius 1 is 1.00 bits per heavy atom. The van der Waals surface area contributed by atoms with Gasteiger partial charge in [-0.05, 0) is 36.6 Å². The van der Waals surface area contributed by atoms with Crippen LogP contribution in [0, 0.1) is 5.92 Å². The molecule has 3 rings (SSSR count). The van der Waals surface area contributed by atoms with Crippen LogP contribution in [0.4, 0.5) is 5.69 Å². The van der Waals surface area contributed by atoms with Crippen LogP contribution < -0.4 is 15.4 Å². The summed E-state index contributed by atoms with van der Waals surface area (Å²) in [4.78, 5) is 83.4. The molecule has 2 heterocycles. The number of anilines is 1. The highest BCUT2D eigenvalue weighted by molar-refractivity contribution is 6.12. The molecule has 0 radical (unpaired) electrons. The van der Waals surface area contributed by atoms with E-state index >= 15 is 0 Å². The van der Waals surface area contributed by atoms with Gasteiger partial charge in [-0.25, -0.2) is 4.79 Å². The Balaban J connectivity index is 1.58. The van der Waals surface area contributed by atoms with Crippen LogP contribution in [-0.4, -0.2) is 106 Å². The maximum absolute atomic E-state index is 12.8. The van der Waals surface area contributed by atoms with Crippen molar-refractivity contribution in [3.05, 3.63) is 42.0 Å². The number of hydrogen-bond acceptors (Lipinski definition) is 12. The summed E-state index contributed by atoms with van der Waals surface area (Å²) in [5.41, 5.74) is 0.593. The number of aldehydes is 1. The average Bonchev–Trinajstić information content (AvgIpc) is 3.33. The van der Waals surface area contributed by atoms with Gasteiger partial charge in [-0.3, -0.25) is 28.9 Å². The summed E-state index contributed by atoms with van der Waals surface area (Å²) < 4.78 is 15.8. The van der Waals surface area contributed by atoms with Gasteiger partial charge in [-0.2, -0.15) is 0 Å². The van der Waals surface area contributed by atoms with E-state index in [2.05, 4.69) is 10.6 Å². The standard InChI is InChI=1S/C31H37N3O13/c1-18(36)45-15-5-6-19-8-9-22(46-31-28(42)20(17-35)27(41)29(47-31)30(43)44)21(16-19)33-24(38)12-13-32-23(37)7-3-2-4-14-34-25(39)10-11-26(34)40/h5-6,8-11,16-17,20,27-29,31,41-42H,2-4,7,12-15H2,1H3,(H,32,37)(H,33,38)(H,43,44)/b6-5+/t20-,27-,28+,29-,31+/m0/s1. The van der Waals surface area contributed by atoms with Crippen LogP contribution in [0.25, 0.3) is 6.08 Å². The van der Waals surface area contributed by atoms with Gasteiger partial charge in [0, 0.05) is 45.0 Å². The molecule has 1 aromatic carbocycles. The van der Waals surface area contributed by atoms with Crippen molar-refractivity contribution in [2.24, 2.45) is 5.92 Å². The molecule has 254 valence electrons. The number of aliphatic hydroxyl groups excluding tert-OH is 2. The van der Waals surface area contributed by atoms with Gasteiger partial charge in [0.15, 0.2) is 6.10 Å².